The SMILES string of the molecule is O=C(Cc1ccc(Oc2ccc(OC3CCC(NC(=O)c4ccc([N+](=O)[O-])cc4)CC3)cc2)nc1)Nc1ccccc1C(=O)O. The summed E-state index contributed by atoms with van der Waals surface area (Å²) in [4.78, 5) is 50.9. The molecule has 0 bridgehead atoms. The highest BCUT2D eigenvalue weighted by Gasteiger charge is 2.24. The fourth-order valence-electron chi connectivity index (χ4n) is 4.96. The fraction of sp³-hybridized carbons (Fsp3) is 0.212. The first kappa shape index (κ1) is 30.7. The summed E-state index contributed by atoms with van der Waals surface area (Å²) < 4.78 is 12.0. The molecular formula is C33H30N4O8. The number of hydrogen-bond donors (Lipinski definition) is 3. The molecule has 0 atom stereocenters. The van der Waals surface area contributed by atoms with Gasteiger partial charge in [0, 0.05) is 36.0 Å². The molecule has 1 aromatic heterocycles. The molecule has 1 saturated carbocycles. The number of pyridine rings is 1. The van der Waals surface area contributed by atoms with Crippen molar-refractivity contribution in [3.8, 4) is 17.4 Å². The maximum Gasteiger partial charge on any atom is 0.337 e. The maximum absolute atomic E-state index is 12.5. The van der Waals surface area contributed by atoms with E-state index in [4.69, 9.17) is 9.47 Å². The van der Waals surface area contributed by atoms with Crippen molar-refractivity contribution in [2.75, 3.05) is 5.32 Å². The number of non-ortho nitro benzene ring substituents is 1. The average Bonchev–Trinajstić information content (AvgIpc) is 3.04. The molecule has 1 heterocycles. The Morgan fingerprint density at radius 1 is 0.889 bits per heavy atom. The van der Waals surface area contributed by atoms with Gasteiger partial charge < -0.3 is 25.2 Å². The third-order valence-corrected chi connectivity index (χ3v) is 7.29. The van der Waals surface area contributed by atoms with E-state index in [1.165, 1.54) is 42.6 Å². The molecule has 0 unspecified atom stereocenters. The van der Waals surface area contributed by atoms with Crippen LogP contribution in [0.2, 0.25) is 0 Å². The van der Waals surface area contributed by atoms with Gasteiger partial charge in [-0.15, -0.1) is 0 Å². The molecule has 2 amide bonds. The quantitative estimate of drug-likeness (QED) is 0.141. The molecule has 0 radical (unpaired) electrons. The van der Waals surface area contributed by atoms with Gasteiger partial charge in [0.1, 0.15) is 11.5 Å². The number of anilines is 1. The molecule has 3 aromatic carbocycles. The van der Waals surface area contributed by atoms with Gasteiger partial charge >= 0.3 is 5.97 Å². The van der Waals surface area contributed by atoms with Crippen LogP contribution in [-0.2, 0) is 11.2 Å². The minimum atomic E-state index is -1.12. The average molecular weight is 611 g/mol. The second-order valence-electron chi connectivity index (χ2n) is 10.5. The number of nitro groups is 1. The number of aromatic nitrogens is 1. The van der Waals surface area contributed by atoms with E-state index in [0.717, 1.165) is 25.7 Å². The monoisotopic (exact) mass is 610 g/mol. The van der Waals surface area contributed by atoms with E-state index in [1.54, 1.807) is 36.4 Å². The Balaban J connectivity index is 1.05. The third-order valence-electron chi connectivity index (χ3n) is 7.29. The van der Waals surface area contributed by atoms with Gasteiger partial charge in [-0.2, -0.15) is 0 Å². The number of carboxylic acid groups (broad SMARTS) is 1. The van der Waals surface area contributed by atoms with Gasteiger partial charge in [0.2, 0.25) is 11.8 Å². The standard InChI is InChI=1S/C33H30N4O8/c38-30(36-29-4-2-1-3-28(29)33(40)41)19-21-5-18-31(34-20-21)45-27-16-14-26(15-17-27)44-25-12-8-23(9-13-25)35-32(39)22-6-10-24(11-7-22)37(42)43/h1-7,10-11,14-18,20,23,25H,8-9,12-13,19H2,(H,35,39)(H,36,38)(H,40,41). The molecule has 4 aromatic rings. The number of nitrogens with zero attached hydrogens (tertiary/aromatic N) is 2. The number of benzene rings is 3. The van der Waals surface area contributed by atoms with Gasteiger partial charge in [-0.3, -0.25) is 19.7 Å². The molecule has 1 fully saturated rings. The van der Waals surface area contributed by atoms with E-state index in [9.17, 15) is 29.6 Å². The van der Waals surface area contributed by atoms with Crippen molar-refractivity contribution < 1.29 is 33.9 Å². The van der Waals surface area contributed by atoms with E-state index in [0.29, 0.717) is 28.5 Å². The van der Waals surface area contributed by atoms with Crippen LogP contribution in [-0.4, -0.2) is 44.9 Å². The Bertz CT molecular complexity index is 1670. The Morgan fingerprint density at radius 2 is 1.58 bits per heavy atom. The van der Waals surface area contributed by atoms with Gasteiger partial charge in [0.05, 0.1) is 28.7 Å². The summed E-state index contributed by atoms with van der Waals surface area (Å²) in [5.41, 5.74) is 1.21. The van der Waals surface area contributed by atoms with Crippen molar-refractivity contribution >= 4 is 29.2 Å². The van der Waals surface area contributed by atoms with Crippen LogP contribution in [0.25, 0.3) is 0 Å². The van der Waals surface area contributed by atoms with Crippen LogP contribution in [0.4, 0.5) is 11.4 Å². The number of carbonyl (C=O) groups is 3. The highest BCUT2D eigenvalue weighted by atomic mass is 16.6. The normalized spacial score (nSPS) is 15.8. The van der Waals surface area contributed by atoms with E-state index >= 15 is 0 Å². The first-order chi connectivity index (χ1) is 21.7. The number of ether oxygens (including phenoxy) is 2. The van der Waals surface area contributed by atoms with Gasteiger partial charge in [0.25, 0.3) is 11.6 Å². The highest BCUT2D eigenvalue weighted by Crippen LogP contribution is 2.27. The molecule has 12 nitrogen and oxygen atoms in total. The van der Waals surface area contributed by atoms with Crippen LogP contribution in [0.1, 0.15) is 52.0 Å². The number of amides is 2. The first-order valence-electron chi connectivity index (χ1n) is 14.3. The van der Waals surface area contributed by atoms with Crippen molar-refractivity contribution in [3.63, 3.8) is 0 Å². The van der Waals surface area contributed by atoms with Crippen LogP contribution in [0, 0.1) is 10.1 Å². The maximum atomic E-state index is 12.5. The van der Waals surface area contributed by atoms with Crippen molar-refractivity contribution in [1.29, 1.82) is 0 Å². The predicted octanol–water partition coefficient (Wildman–Crippen LogP) is 5.78. The lowest BCUT2D eigenvalue weighted by molar-refractivity contribution is -0.384. The fourth-order valence-corrected chi connectivity index (χ4v) is 4.96. The molecule has 0 aliphatic heterocycles. The largest absolute Gasteiger partial charge is 0.490 e. The summed E-state index contributed by atoms with van der Waals surface area (Å²) in [5.74, 6) is -0.141. The summed E-state index contributed by atoms with van der Waals surface area (Å²) in [6.07, 6.45) is 4.59. The zero-order valence-electron chi connectivity index (χ0n) is 24.0. The zero-order chi connectivity index (χ0) is 31.8. The predicted molar refractivity (Wildman–Crippen MR) is 164 cm³/mol. The molecule has 230 valence electrons. The van der Waals surface area contributed by atoms with E-state index in [2.05, 4.69) is 15.6 Å². The molecule has 45 heavy (non-hydrogen) atoms. The number of rotatable bonds is 11. The van der Waals surface area contributed by atoms with Crippen molar-refractivity contribution in [3.05, 3.63) is 118 Å². The molecule has 0 spiro atoms. The first-order valence-corrected chi connectivity index (χ1v) is 14.3. The minimum Gasteiger partial charge on any atom is -0.490 e. The second-order valence-corrected chi connectivity index (χ2v) is 10.5. The van der Waals surface area contributed by atoms with Crippen molar-refractivity contribution in [2.45, 2.75) is 44.2 Å². The van der Waals surface area contributed by atoms with E-state index in [1.807, 2.05) is 12.1 Å². The van der Waals surface area contributed by atoms with Crippen LogP contribution in [0.15, 0.2) is 91.1 Å². The molecule has 5 rings (SSSR count). The summed E-state index contributed by atoms with van der Waals surface area (Å²) in [6, 6.07) is 22.3. The number of para-hydroxylation sites is 1. The molecule has 3 N–H and O–H groups in total. The molecular weight excluding hydrogens is 580 g/mol. The number of hydrogen-bond acceptors (Lipinski definition) is 8. The van der Waals surface area contributed by atoms with Gasteiger partial charge in [-0.05, 0) is 79.8 Å². The van der Waals surface area contributed by atoms with Gasteiger partial charge in [0.15, 0.2) is 0 Å². The van der Waals surface area contributed by atoms with Crippen LogP contribution >= 0.6 is 0 Å². The van der Waals surface area contributed by atoms with Crippen LogP contribution in [0.5, 0.6) is 17.4 Å². The lowest BCUT2D eigenvalue weighted by atomic mass is 9.92. The Morgan fingerprint density at radius 3 is 2.22 bits per heavy atom. The third kappa shape index (κ3) is 8.41. The smallest absolute Gasteiger partial charge is 0.337 e. The van der Waals surface area contributed by atoms with E-state index < -0.39 is 10.9 Å². The lowest BCUT2D eigenvalue weighted by Gasteiger charge is -2.29. The Kier molecular flexibility index (Phi) is 9.63. The highest BCUT2D eigenvalue weighted by molar-refractivity contribution is 6.01. The zero-order valence-corrected chi connectivity index (χ0v) is 24.0. The number of carbonyl (C=O) groups excluding carboxylic acids is 2. The summed E-state index contributed by atoms with van der Waals surface area (Å²) in [5, 5.41) is 25.7. The number of nitro benzene ring substituents is 1. The van der Waals surface area contributed by atoms with E-state index in [-0.39, 0.29) is 47.3 Å². The number of carboxylic acids is 1. The van der Waals surface area contributed by atoms with Crippen LogP contribution in [0.3, 0.4) is 0 Å². The molecule has 1 aliphatic carbocycles. The number of aromatic carboxylic acids is 1. The summed E-state index contributed by atoms with van der Waals surface area (Å²) in [7, 11) is 0. The molecule has 0 saturated heterocycles. The Hall–Kier alpha value is -5.78. The Labute approximate surface area is 258 Å². The minimum absolute atomic E-state index is 0.00485. The lowest BCUT2D eigenvalue weighted by Crippen LogP contribution is -2.39. The number of nitrogens with one attached hydrogen (secondary N) is 2. The summed E-state index contributed by atoms with van der Waals surface area (Å²) >= 11 is 0. The molecule has 1 aliphatic rings. The topological polar surface area (TPSA) is 170 Å². The van der Waals surface area contributed by atoms with Crippen molar-refractivity contribution in [2.24, 2.45) is 0 Å². The van der Waals surface area contributed by atoms with Gasteiger partial charge in [-0.25, -0.2) is 9.78 Å². The molecule has 12 heteroatoms. The second kappa shape index (κ2) is 14.1. The summed E-state index contributed by atoms with van der Waals surface area (Å²) in [6.45, 7) is 0. The van der Waals surface area contributed by atoms with Crippen LogP contribution < -0.4 is 20.1 Å². The van der Waals surface area contributed by atoms with Crippen molar-refractivity contribution in [1.82, 2.24) is 10.3 Å². The van der Waals surface area contributed by atoms with Gasteiger partial charge in [-0.1, -0.05) is 18.2 Å².